The zero-order chi connectivity index (χ0) is 17.8. The number of benzene rings is 1. The highest BCUT2D eigenvalue weighted by Crippen LogP contribution is 2.19. The summed E-state index contributed by atoms with van der Waals surface area (Å²) in [5, 5.41) is 0. The number of aromatic nitrogens is 1. The second-order valence-corrected chi connectivity index (χ2v) is 4.81. The Balaban J connectivity index is 0.00000112. The lowest BCUT2D eigenvalue weighted by molar-refractivity contribution is 0.102. The number of aryl methyl sites for hydroxylation is 2. The summed E-state index contributed by atoms with van der Waals surface area (Å²) in [5.41, 5.74) is 9.24. The first-order valence-corrected chi connectivity index (χ1v) is 8.61. The number of carbonyl (C=O) groups excluding carboxylic acids is 1. The van der Waals surface area contributed by atoms with Gasteiger partial charge in [0.25, 0.3) is 0 Å². The zero-order valence-corrected chi connectivity index (χ0v) is 15.5. The van der Waals surface area contributed by atoms with Crippen LogP contribution in [0.15, 0.2) is 36.4 Å². The molecule has 0 aliphatic heterocycles. The minimum atomic E-state index is 0.0863. The van der Waals surface area contributed by atoms with Crippen LogP contribution < -0.4 is 5.73 Å². The smallest absolute Gasteiger partial charge is 0.209 e. The molecular weight excluding hydrogens is 284 g/mol. The minimum absolute atomic E-state index is 0.0863. The zero-order valence-electron chi connectivity index (χ0n) is 15.5. The molecule has 0 saturated heterocycles. The SMILES string of the molecule is CC.CC.Cc1cc(C)n(CCCN)c1C(=O)c1ccccc1. The van der Waals surface area contributed by atoms with E-state index < -0.39 is 0 Å². The van der Waals surface area contributed by atoms with Crippen LogP contribution in [0.4, 0.5) is 0 Å². The summed E-state index contributed by atoms with van der Waals surface area (Å²) in [5.74, 6) is 0.0863. The normalized spacial score (nSPS) is 9.35. The number of hydrogen-bond donors (Lipinski definition) is 1. The van der Waals surface area contributed by atoms with Gasteiger partial charge in [0, 0.05) is 17.8 Å². The van der Waals surface area contributed by atoms with Crippen molar-refractivity contribution in [2.24, 2.45) is 5.73 Å². The lowest BCUT2D eigenvalue weighted by Gasteiger charge is -2.11. The minimum Gasteiger partial charge on any atom is -0.342 e. The van der Waals surface area contributed by atoms with Crippen molar-refractivity contribution in [3.05, 3.63) is 58.9 Å². The lowest BCUT2D eigenvalue weighted by atomic mass is 10.1. The second kappa shape index (κ2) is 11.7. The van der Waals surface area contributed by atoms with Gasteiger partial charge >= 0.3 is 0 Å². The molecule has 1 aromatic carbocycles. The highest BCUT2D eigenvalue weighted by atomic mass is 16.1. The molecule has 0 fully saturated rings. The average molecular weight is 316 g/mol. The average Bonchev–Trinajstić information content (AvgIpc) is 2.90. The Morgan fingerprint density at radius 2 is 1.61 bits per heavy atom. The van der Waals surface area contributed by atoms with E-state index in [-0.39, 0.29) is 5.78 Å². The van der Waals surface area contributed by atoms with E-state index in [1.807, 2.05) is 71.9 Å². The van der Waals surface area contributed by atoms with E-state index in [0.717, 1.165) is 35.5 Å². The van der Waals surface area contributed by atoms with Gasteiger partial charge in [-0.15, -0.1) is 0 Å². The highest BCUT2D eigenvalue weighted by molar-refractivity contribution is 6.09. The van der Waals surface area contributed by atoms with Crippen molar-refractivity contribution < 1.29 is 4.79 Å². The number of hydrogen-bond acceptors (Lipinski definition) is 2. The fourth-order valence-electron chi connectivity index (χ4n) is 2.41. The molecule has 0 bridgehead atoms. The molecule has 128 valence electrons. The van der Waals surface area contributed by atoms with Crippen LogP contribution in [-0.4, -0.2) is 16.9 Å². The van der Waals surface area contributed by atoms with Gasteiger partial charge in [-0.2, -0.15) is 0 Å². The van der Waals surface area contributed by atoms with Gasteiger partial charge < -0.3 is 10.3 Å². The van der Waals surface area contributed by atoms with Crippen molar-refractivity contribution in [1.29, 1.82) is 0 Å². The fourth-order valence-corrected chi connectivity index (χ4v) is 2.41. The Labute approximate surface area is 141 Å². The highest BCUT2D eigenvalue weighted by Gasteiger charge is 2.18. The third-order valence-corrected chi connectivity index (χ3v) is 3.33. The molecule has 2 aromatic rings. The summed E-state index contributed by atoms with van der Waals surface area (Å²) >= 11 is 0. The summed E-state index contributed by atoms with van der Waals surface area (Å²) in [7, 11) is 0. The first-order valence-electron chi connectivity index (χ1n) is 8.61. The summed E-state index contributed by atoms with van der Waals surface area (Å²) in [6.07, 6.45) is 0.879. The van der Waals surface area contributed by atoms with Crippen LogP contribution in [0.5, 0.6) is 0 Å². The molecule has 0 unspecified atom stereocenters. The first kappa shape index (κ1) is 21.1. The Hall–Kier alpha value is -1.87. The van der Waals surface area contributed by atoms with E-state index in [0.29, 0.717) is 6.54 Å². The molecule has 2 rings (SSSR count). The first-order chi connectivity index (χ1) is 11.1. The summed E-state index contributed by atoms with van der Waals surface area (Å²) in [6, 6.07) is 11.5. The van der Waals surface area contributed by atoms with Crippen molar-refractivity contribution in [2.45, 2.75) is 54.5 Å². The van der Waals surface area contributed by atoms with Crippen LogP contribution in [-0.2, 0) is 6.54 Å². The molecule has 1 heterocycles. The summed E-state index contributed by atoms with van der Waals surface area (Å²) < 4.78 is 2.08. The molecule has 0 aliphatic carbocycles. The summed E-state index contributed by atoms with van der Waals surface area (Å²) in [4.78, 5) is 12.6. The maximum Gasteiger partial charge on any atom is 0.209 e. The molecular formula is C20H32N2O. The van der Waals surface area contributed by atoms with Gasteiger partial charge in [-0.3, -0.25) is 4.79 Å². The van der Waals surface area contributed by atoms with E-state index in [2.05, 4.69) is 10.6 Å². The van der Waals surface area contributed by atoms with Gasteiger partial charge in [0.05, 0.1) is 5.69 Å². The molecule has 0 aliphatic rings. The van der Waals surface area contributed by atoms with Crippen LogP contribution in [0.3, 0.4) is 0 Å². The van der Waals surface area contributed by atoms with Crippen LogP contribution in [0.2, 0.25) is 0 Å². The van der Waals surface area contributed by atoms with E-state index in [9.17, 15) is 4.79 Å². The van der Waals surface area contributed by atoms with E-state index in [1.54, 1.807) is 0 Å². The van der Waals surface area contributed by atoms with Gasteiger partial charge in [-0.25, -0.2) is 0 Å². The molecule has 3 nitrogen and oxygen atoms in total. The van der Waals surface area contributed by atoms with Gasteiger partial charge in [0.1, 0.15) is 0 Å². The predicted octanol–water partition coefficient (Wildman–Crippen LogP) is 4.74. The molecule has 0 atom stereocenters. The molecule has 0 amide bonds. The Kier molecular flexibility index (Phi) is 10.7. The lowest BCUT2D eigenvalue weighted by Crippen LogP contribution is -2.14. The topological polar surface area (TPSA) is 48.0 Å². The third kappa shape index (κ3) is 5.68. The standard InChI is InChI=1S/C16H20N2O.2C2H6/c1-12-11-13(2)18(10-6-9-17)15(12)16(19)14-7-4-3-5-8-14;2*1-2/h3-5,7-8,11H,6,9-10,17H2,1-2H3;2*1-2H3. The largest absolute Gasteiger partial charge is 0.342 e. The quantitative estimate of drug-likeness (QED) is 0.810. The summed E-state index contributed by atoms with van der Waals surface area (Å²) in [6.45, 7) is 13.5. The van der Waals surface area contributed by atoms with Crippen molar-refractivity contribution in [2.75, 3.05) is 6.54 Å². The van der Waals surface area contributed by atoms with Crippen LogP contribution in [0.1, 0.15) is 61.4 Å². The van der Waals surface area contributed by atoms with Crippen molar-refractivity contribution >= 4 is 5.78 Å². The van der Waals surface area contributed by atoms with E-state index in [4.69, 9.17) is 5.73 Å². The monoisotopic (exact) mass is 316 g/mol. The third-order valence-electron chi connectivity index (χ3n) is 3.33. The molecule has 2 N–H and O–H groups in total. The van der Waals surface area contributed by atoms with Crippen molar-refractivity contribution in [1.82, 2.24) is 4.57 Å². The molecule has 1 aromatic heterocycles. The van der Waals surface area contributed by atoms with Gasteiger partial charge in [-0.1, -0.05) is 58.0 Å². The molecule has 23 heavy (non-hydrogen) atoms. The van der Waals surface area contributed by atoms with Crippen LogP contribution in [0.25, 0.3) is 0 Å². The second-order valence-electron chi connectivity index (χ2n) is 4.81. The maximum atomic E-state index is 12.6. The molecule has 0 radical (unpaired) electrons. The Morgan fingerprint density at radius 3 is 2.13 bits per heavy atom. The number of rotatable bonds is 5. The molecule has 0 spiro atoms. The number of carbonyl (C=O) groups is 1. The van der Waals surface area contributed by atoms with Gasteiger partial charge in [0.2, 0.25) is 5.78 Å². The molecule has 0 saturated carbocycles. The van der Waals surface area contributed by atoms with Gasteiger partial charge in [0.15, 0.2) is 0 Å². The van der Waals surface area contributed by atoms with Gasteiger partial charge in [-0.05, 0) is 38.4 Å². The number of nitrogens with zero attached hydrogens (tertiary/aromatic N) is 1. The van der Waals surface area contributed by atoms with Crippen LogP contribution >= 0.6 is 0 Å². The molecule has 3 heteroatoms. The number of ketones is 1. The van der Waals surface area contributed by atoms with E-state index in [1.165, 1.54) is 0 Å². The van der Waals surface area contributed by atoms with Crippen molar-refractivity contribution in [3.8, 4) is 0 Å². The Bertz CT molecular complexity index is 571. The fraction of sp³-hybridized carbons (Fsp3) is 0.450. The Morgan fingerprint density at radius 1 is 1.04 bits per heavy atom. The van der Waals surface area contributed by atoms with E-state index >= 15 is 0 Å². The predicted molar refractivity (Wildman–Crippen MR) is 100 cm³/mol. The van der Waals surface area contributed by atoms with Crippen LogP contribution in [0, 0.1) is 13.8 Å². The van der Waals surface area contributed by atoms with Crippen molar-refractivity contribution in [3.63, 3.8) is 0 Å². The number of nitrogens with two attached hydrogens (primary N) is 1. The maximum absolute atomic E-state index is 12.6.